The van der Waals surface area contributed by atoms with Crippen molar-refractivity contribution in [3.8, 4) is 0 Å². The van der Waals surface area contributed by atoms with Gasteiger partial charge in [0.2, 0.25) is 0 Å². The number of nitrogens with one attached hydrogen (secondary N) is 1. The monoisotopic (exact) mass is 255 g/mol. The number of carboxylic acids is 1. The SMILES string of the molecule is CCCNC1(CC(=O)O)CCCC(CC(C)C)C1. The van der Waals surface area contributed by atoms with Crippen molar-refractivity contribution in [2.24, 2.45) is 11.8 Å². The van der Waals surface area contributed by atoms with Crippen LogP contribution in [0.3, 0.4) is 0 Å². The third-order valence-corrected chi connectivity index (χ3v) is 3.99. The molecule has 1 aliphatic carbocycles. The highest BCUT2D eigenvalue weighted by Gasteiger charge is 2.37. The summed E-state index contributed by atoms with van der Waals surface area (Å²) in [6.45, 7) is 7.58. The summed E-state index contributed by atoms with van der Waals surface area (Å²) in [5.74, 6) is 0.744. The Labute approximate surface area is 111 Å². The Balaban J connectivity index is 2.65. The Hall–Kier alpha value is -0.570. The summed E-state index contributed by atoms with van der Waals surface area (Å²) < 4.78 is 0. The fourth-order valence-corrected chi connectivity index (χ4v) is 3.42. The molecule has 0 aromatic rings. The first-order valence-corrected chi connectivity index (χ1v) is 7.44. The van der Waals surface area contributed by atoms with Gasteiger partial charge in [-0.3, -0.25) is 4.79 Å². The minimum Gasteiger partial charge on any atom is -0.481 e. The molecule has 0 heterocycles. The molecule has 2 N–H and O–H groups in total. The lowest BCUT2D eigenvalue weighted by Crippen LogP contribution is -2.50. The quantitative estimate of drug-likeness (QED) is 0.732. The topological polar surface area (TPSA) is 49.3 Å². The van der Waals surface area contributed by atoms with Crippen LogP contribution in [0.15, 0.2) is 0 Å². The van der Waals surface area contributed by atoms with Gasteiger partial charge >= 0.3 is 5.97 Å². The van der Waals surface area contributed by atoms with E-state index in [-0.39, 0.29) is 12.0 Å². The van der Waals surface area contributed by atoms with Gasteiger partial charge in [0.1, 0.15) is 0 Å². The standard InChI is InChI=1S/C15H29NO2/c1-4-8-16-15(11-14(17)18)7-5-6-13(10-15)9-12(2)3/h12-13,16H,4-11H2,1-3H3,(H,17,18). The Kier molecular flexibility index (Phi) is 6.13. The van der Waals surface area contributed by atoms with Gasteiger partial charge < -0.3 is 10.4 Å². The minimum absolute atomic E-state index is 0.139. The first kappa shape index (κ1) is 15.5. The molecule has 3 heteroatoms. The van der Waals surface area contributed by atoms with E-state index >= 15 is 0 Å². The second kappa shape index (κ2) is 7.13. The third kappa shape index (κ3) is 4.97. The van der Waals surface area contributed by atoms with Crippen molar-refractivity contribution in [1.82, 2.24) is 5.32 Å². The molecule has 2 atom stereocenters. The van der Waals surface area contributed by atoms with Crippen molar-refractivity contribution in [2.45, 2.75) is 71.3 Å². The molecule has 0 radical (unpaired) electrons. The van der Waals surface area contributed by atoms with Gasteiger partial charge in [0.25, 0.3) is 0 Å². The van der Waals surface area contributed by atoms with E-state index in [1.54, 1.807) is 0 Å². The fraction of sp³-hybridized carbons (Fsp3) is 0.933. The zero-order chi connectivity index (χ0) is 13.6. The molecular formula is C15H29NO2. The molecule has 0 aromatic carbocycles. The first-order valence-electron chi connectivity index (χ1n) is 7.44. The van der Waals surface area contributed by atoms with Crippen LogP contribution < -0.4 is 5.32 Å². The average Bonchev–Trinajstić information content (AvgIpc) is 2.25. The zero-order valence-electron chi connectivity index (χ0n) is 12.2. The lowest BCUT2D eigenvalue weighted by molar-refractivity contribution is -0.139. The van der Waals surface area contributed by atoms with Crippen LogP contribution in [0.5, 0.6) is 0 Å². The number of hydrogen-bond donors (Lipinski definition) is 2. The van der Waals surface area contributed by atoms with Crippen LogP contribution >= 0.6 is 0 Å². The van der Waals surface area contributed by atoms with Gasteiger partial charge in [-0.25, -0.2) is 0 Å². The van der Waals surface area contributed by atoms with Crippen LogP contribution in [-0.4, -0.2) is 23.2 Å². The molecule has 1 saturated carbocycles. The van der Waals surface area contributed by atoms with Gasteiger partial charge in [0.15, 0.2) is 0 Å². The smallest absolute Gasteiger partial charge is 0.305 e. The van der Waals surface area contributed by atoms with Crippen LogP contribution in [-0.2, 0) is 4.79 Å². The molecule has 1 rings (SSSR count). The Morgan fingerprint density at radius 1 is 1.50 bits per heavy atom. The van der Waals surface area contributed by atoms with Gasteiger partial charge in [-0.15, -0.1) is 0 Å². The Morgan fingerprint density at radius 3 is 2.78 bits per heavy atom. The highest BCUT2D eigenvalue weighted by molar-refractivity contribution is 5.68. The summed E-state index contributed by atoms with van der Waals surface area (Å²) in [4.78, 5) is 11.1. The van der Waals surface area contributed by atoms with Crippen molar-refractivity contribution >= 4 is 5.97 Å². The molecule has 0 aliphatic heterocycles. The molecular weight excluding hydrogens is 226 g/mol. The van der Waals surface area contributed by atoms with E-state index in [0.717, 1.165) is 25.8 Å². The number of hydrogen-bond acceptors (Lipinski definition) is 2. The van der Waals surface area contributed by atoms with Crippen molar-refractivity contribution in [3.05, 3.63) is 0 Å². The van der Waals surface area contributed by atoms with Crippen LogP contribution in [0.1, 0.15) is 65.7 Å². The van der Waals surface area contributed by atoms with E-state index in [0.29, 0.717) is 11.8 Å². The highest BCUT2D eigenvalue weighted by atomic mass is 16.4. The maximum absolute atomic E-state index is 11.1. The molecule has 3 nitrogen and oxygen atoms in total. The molecule has 1 fully saturated rings. The third-order valence-electron chi connectivity index (χ3n) is 3.99. The lowest BCUT2D eigenvalue weighted by atomic mass is 9.71. The molecule has 0 bridgehead atoms. The predicted molar refractivity (Wildman–Crippen MR) is 74.7 cm³/mol. The van der Waals surface area contributed by atoms with Gasteiger partial charge in [0, 0.05) is 5.54 Å². The van der Waals surface area contributed by atoms with Crippen LogP contribution in [0.25, 0.3) is 0 Å². The van der Waals surface area contributed by atoms with Crippen LogP contribution in [0, 0.1) is 11.8 Å². The molecule has 0 aromatic heterocycles. The van der Waals surface area contributed by atoms with E-state index in [1.165, 1.54) is 19.3 Å². The van der Waals surface area contributed by atoms with E-state index in [4.69, 9.17) is 5.11 Å². The Bertz CT molecular complexity index is 265. The molecule has 2 unspecified atom stereocenters. The number of carboxylic acid groups (broad SMARTS) is 1. The summed E-state index contributed by atoms with van der Waals surface area (Å²) in [7, 11) is 0. The second-order valence-electron chi connectivity index (χ2n) is 6.37. The van der Waals surface area contributed by atoms with E-state index in [1.807, 2.05) is 0 Å². The summed E-state index contributed by atoms with van der Waals surface area (Å²) in [6, 6.07) is 0. The van der Waals surface area contributed by atoms with Crippen LogP contribution in [0.4, 0.5) is 0 Å². The van der Waals surface area contributed by atoms with Crippen LogP contribution in [0.2, 0.25) is 0 Å². The number of carbonyl (C=O) groups is 1. The molecule has 0 spiro atoms. The Morgan fingerprint density at radius 2 is 2.22 bits per heavy atom. The van der Waals surface area contributed by atoms with E-state index < -0.39 is 5.97 Å². The predicted octanol–water partition coefficient (Wildman–Crippen LogP) is 3.44. The van der Waals surface area contributed by atoms with Crippen molar-refractivity contribution in [1.29, 1.82) is 0 Å². The van der Waals surface area contributed by atoms with Gasteiger partial charge in [0.05, 0.1) is 6.42 Å². The van der Waals surface area contributed by atoms with E-state index in [9.17, 15) is 4.79 Å². The van der Waals surface area contributed by atoms with Gasteiger partial charge in [-0.05, 0) is 44.1 Å². The van der Waals surface area contributed by atoms with E-state index in [2.05, 4.69) is 26.1 Å². The maximum Gasteiger partial charge on any atom is 0.305 e. The lowest BCUT2D eigenvalue weighted by Gasteiger charge is -2.41. The normalized spacial score (nSPS) is 28.6. The summed E-state index contributed by atoms with van der Waals surface area (Å²) in [6.07, 6.45) is 7.08. The zero-order valence-corrected chi connectivity index (χ0v) is 12.2. The second-order valence-corrected chi connectivity index (χ2v) is 6.37. The molecule has 18 heavy (non-hydrogen) atoms. The molecule has 0 amide bonds. The maximum atomic E-state index is 11.1. The minimum atomic E-state index is -0.663. The van der Waals surface area contributed by atoms with Gasteiger partial charge in [-0.1, -0.05) is 33.6 Å². The molecule has 106 valence electrons. The van der Waals surface area contributed by atoms with Crippen molar-refractivity contribution < 1.29 is 9.90 Å². The summed E-state index contributed by atoms with van der Waals surface area (Å²) in [5, 5.41) is 12.7. The van der Waals surface area contributed by atoms with Crippen molar-refractivity contribution in [3.63, 3.8) is 0 Å². The largest absolute Gasteiger partial charge is 0.481 e. The summed E-state index contributed by atoms with van der Waals surface area (Å²) in [5.41, 5.74) is -0.139. The first-order chi connectivity index (χ1) is 8.47. The molecule has 0 saturated heterocycles. The van der Waals surface area contributed by atoms with Gasteiger partial charge in [-0.2, -0.15) is 0 Å². The average molecular weight is 255 g/mol. The number of rotatable bonds is 7. The number of aliphatic carboxylic acids is 1. The summed E-state index contributed by atoms with van der Waals surface area (Å²) >= 11 is 0. The highest BCUT2D eigenvalue weighted by Crippen LogP contribution is 2.37. The molecule has 1 aliphatic rings. The fourth-order valence-electron chi connectivity index (χ4n) is 3.42. The van der Waals surface area contributed by atoms with Crippen molar-refractivity contribution in [2.75, 3.05) is 6.54 Å².